The van der Waals surface area contributed by atoms with Crippen LogP contribution in [0.2, 0.25) is 0 Å². The SMILES string of the molecule is CS(=O)(=O)NCCNc1nc(N)nc2nc[nH]c12. The van der Waals surface area contributed by atoms with Gasteiger partial charge in [-0.05, 0) is 0 Å². The molecule has 0 aliphatic heterocycles. The van der Waals surface area contributed by atoms with Gasteiger partial charge in [0.25, 0.3) is 0 Å². The quantitative estimate of drug-likeness (QED) is 0.506. The van der Waals surface area contributed by atoms with Crippen molar-refractivity contribution in [2.45, 2.75) is 0 Å². The van der Waals surface area contributed by atoms with Crippen LogP contribution in [0.15, 0.2) is 6.33 Å². The van der Waals surface area contributed by atoms with Gasteiger partial charge in [0.05, 0.1) is 12.6 Å². The Morgan fingerprint density at radius 3 is 2.89 bits per heavy atom. The van der Waals surface area contributed by atoms with E-state index in [1.807, 2.05) is 0 Å². The third-order valence-corrected chi connectivity index (χ3v) is 2.81. The number of sulfonamides is 1. The number of nitrogens with two attached hydrogens (primary N) is 1. The van der Waals surface area contributed by atoms with Gasteiger partial charge >= 0.3 is 0 Å². The van der Waals surface area contributed by atoms with Gasteiger partial charge in [0.1, 0.15) is 5.52 Å². The highest BCUT2D eigenvalue weighted by molar-refractivity contribution is 7.88. The molecule has 0 unspecified atom stereocenters. The van der Waals surface area contributed by atoms with Crippen molar-refractivity contribution in [3.8, 4) is 0 Å². The van der Waals surface area contributed by atoms with Crippen LogP contribution in [0, 0.1) is 0 Å². The molecule has 2 aromatic rings. The van der Waals surface area contributed by atoms with Crippen LogP contribution in [0.5, 0.6) is 0 Å². The van der Waals surface area contributed by atoms with E-state index in [4.69, 9.17) is 5.73 Å². The number of rotatable bonds is 5. The number of H-pyrrole nitrogens is 1. The second-order valence-electron chi connectivity index (χ2n) is 3.62. The summed E-state index contributed by atoms with van der Waals surface area (Å²) in [6.45, 7) is 0.621. The molecule has 2 rings (SSSR count). The molecule has 0 aromatic carbocycles. The van der Waals surface area contributed by atoms with E-state index in [1.165, 1.54) is 6.33 Å². The number of nitrogens with one attached hydrogen (secondary N) is 3. The van der Waals surface area contributed by atoms with E-state index >= 15 is 0 Å². The minimum absolute atomic E-state index is 0.105. The molecule has 0 saturated heterocycles. The zero-order valence-electron chi connectivity index (χ0n) is 9.64. The molecule has 0 atom stereocenters. The summed E-state index contributed by atoms with van der Waals surface area (Å²) in [5.74, 6) is 0.596. The Bertz CT molecular complexity index is 651. The van der Waals surface area contributed by atoms with E-state index in [-0.39, 0.29) is 12.5 Å². The lowest BCUT2D eigenvalue weighted by atomic mass is 10.4. The second-order valence-corrected chi connectivity index (χ2v) is 5.46. The molecule has 10 heteroatoms. The molecule has 0 saturated carbocycles. The van der Waals surface area contributed by atoms with E-state index in [0.717, 1.165) is 6.26 Å². The third kappa shape index (κ3) is 3.05. The molecule has 0 aliphatic rings. The van der Waals surface area contributed by atoms with Gasteiger partial charge in [-0.25, -0.2) is 18.1 Å². The topological polar surface area (TPSA) is 139 Å². The molecule has 0 aliphatic carbocycles. The fourth-order valence-corrected chi connectivity index (χ4v) is 1.87. The van der Waals surface area contributed by atoms with Crippen LogP contribution >= 0.6 is 0 Å². The van der Waals surface area contributed by atoms with Crippen molar-refractivity contribution >= 4 is 33.0 Å². The summed E-state index contributed by atoms with van der Waals surface area (Å²) >= 11 is 0. The van der Waals surface area contributed by atoms with Crippen molar-refractivity contribution in [3.63, 3.8) is 0 Å². The Morgan fingerprint density at radius 2 is 2.17 bits per heavy atom. The lowest BCUT2D eigenvalue weighted by molar-refractivity contribution is 0.589. The van der Waals surface area contributed by atoms with Crippen LogP contribution in [0.3, 0.4) is 0 Å². The van der Waals surface area contributed by atoms with Gasteiger partial charge in [-0.15, -0.1) is 0 Å². The second kappa shape index (κ2) is 4.74. The Balaban J connectivity index is 2.05. The van der Waals surface area contributed by atoms with Crippen molar-refractivity contribution < 1.29 is 8.42 Å². The van der Waals surface area contributed by atoms with Crippen LogP contribution in [0.25, 0.3) is 11.2 Å². The van der Waals surface area contributed by atoms with Crippen molar-refractivity contribution in [1.82, 2.24) is 24.7 Å². The molecule has 5 N–H and O–H groups in total. The molecule has 0 spiro atoms. The molecular formula is C8H13N7O2S. The first kappa shape index (κ1) is 12.5. The molecule has 9 nitrogen and oxygen atoms in total. The zero-order valence-corrected chi connectivity index (χ0v) is 10.5. The molecule has 98 valence electrons. The lowest BCUT2D eigenvalue weighted by Crippen LogP contribution is -2.27. The molecular weight excluding hydrogens is 258 g/mol. The van der Waals surface area contributed by atoms with E-state index in [0.29, 0.717) is 23.5 Å². The highest BCUT2D eigenvalue weighted by atomic mass is 32.2. The maximum atomic E-state index is 10.9. The average Bonchev–Trinajstić information content (AvgIpc) is 2.70. The molecule has 18 heavy (non-hydrogen) atoms. The Kier molecular flexibility index (Phi) is 3.30. The number of fused-ring (bicyclic) bond motifs is 1. The van der Waals surface area contributed by atoms with Crippen molar-refractivity contribution in [1.29, 1.82) is 0 Å². The molecule has 0 bridgehead atoms. The summed E-state index contributed by atoms with van der Waals surface area (Å²) < 4.78 is 24.1. The zero-order chi connectivity index (χ0) is 13.2. The largest absolute Gasteiger partial charge is 0.368 e. The monoisotopic (exact) mass is 271 g/mol. The third-order valence-electron chi connectivity index (χ3n) is 2.08. The highest BCUT2D eigenvalue weighted by Crippen LogP contribution is 2.16. The molecule has 0 fully saturated rings. The fraction of sp³-hybridized carbons (Fsp3) is 0.375. The van der Waals surface area contributed by atoms with Crippen LogP contribution in [0.4, 0.5) is 11.8 Å². The predicted octanol–water partition coefficient (Wildman–Crippen LogP) is -1.10. The Labute approximate surface area is 103 Å². The van der Waals surface area contributed by atoms with Crippen LogP contribution < -0.4 is 15.8 Å². The number of aromatic nitrogens is 4. The van der Waals surface area contributed by atoms with Gasteiger partial charge in [-0.3, -0.25) is 0 Å². The average molecular weight is 271 g/mol. The van der Waals surface area contributed by atoms with Gasteiger partial charge in [-0.1, -0.05) is 0 Å². The Morgan fingerprint density at radius 1 is 1.39 bits per heavy atom. The van der Waals surface area contributed by atoms with E-state index in [2.05, 4.69) is 30.0 Å². The van der Waals surface area contributed by atoms with E-state index in [1.54, 1.807) is 0 Å². The number of aromatic amines is 1. The van der Waals surface area contributed by atoms with E-state index in [9.17, 15) is 8.42 Å². The standard InChI is InChI=1S/C8H13N7O2S/c1-18(16,17)13-3-2-10-6-5-7(12-4-11-5)15-8(9)14-6/h4,13H,2-3H2,1H3,(H4,9,10,11,12,14,15). The normalized spacial score (nSPS) is 11.8. The maximum Gasteiger partial charge on any atom is 0.224 e. The van der Waals surface area contributed by atoms with Crippen LogP contribution in [-0.4, -0.2) is 47.7 Å². The number of nitrogens with zero attached hydrogens (tertiary/aromatic N) is 3. The van der Waals surface area contributed by atoms with Crippen LogP contribution in [-0.2, 0) is 10.0 Å². The van der Waals surface area contributed by atoms with Crippen molar-refractivity contribution in [2.75, 3.05) is 30.4 Å². The molecule has 2 heterocycles. The number of hydrogen-bond donors (Lipinski definition) is 4. The first-order valence-electron chi connectivity index (χ1n) is 5.11. The fourth-order valence-electron chi connectivity index (χ4n) is 1.40. The summed E-state index contributed by atoms with van der Waals surface area (Å²) in [5, 5.41) is 2.96. The number of hydrogen-bond acceptors (Lipinski definition) is 7. The minimum Gasteiger partial charge on any atom is -0.368 e. The summed E-state index contributed by atoms with van der Waals surface area (Å²) in [5.41, 5.74) is 6.62. The summed E-state index contributed by atoms with van der Waals surface area (Å²) in [6.07, 6.45) is 2.58. The number of nitrogen functional groups attached to an aromatic ring is 1. The van der Waals surface area contributed by atoms with Crippen molar-refractivity contribution in [2.24, 2.45) is 0 Å². The molecule has 2 aromatic heterocycles. The van der Waals surface area contributed by atoms with Crippen LogP contribution in [0.1, 0.15) is 0 Å². The van der Waals surface area contributed by atoms with E-state index < -0.39 is 10.0 Å². The van der Waals surface area contributed by atoms with Gasteiger partial charge < -0.3 is 16.0 Å². The summed E-state index contributed by atoms with van der Waals surface area (Å²) in [6, 6.07) is 0. The number of anilines is 2. The Hall–Kier alpha value is -1.94. The van der Waals surface area contributed by atoms with Gasteiger partial charge in [0, 0.05) is 13.1 Å². The van der Waals surface area contributed by atoms with Crippen molar-refractivity contribution in [3.05, 3.63) is 6.33 Å². The molecule has 0 amide bonds. The smallest absolute Gasteiger partial charge is 0.224 e. The lowest BCUT2D eigenvalue weighted by Gasteiger charge is -2.07. The maximum absolute atomic E-state index is 10.9. The first-order chi connectivity index (χ1) is 8.46. The first-order valence-corrected chi connectivity index (χ1v) is 7.00. The van der Waals surface area contributed by atoms with Gasteiger partial charge in [0.2, 0.25) is 16.0 Å². The predicted molar refractivity (Wildman–Crippen MR) is 67.4 cm³/mol. The molecule has 0 radical (unpaired) electrons. The number of imidazole rings is 1. The van der Waals surface area contributed by atoms with Gasteiger partial charge in [-0.2, -0.15) is 9.97 Å². The minimum atomic E-state index is -3.19. The summed E-state index contributed by atoms with van der Waals surface area (Å²) in [4.78, 5) is 14.8. The van der Waals surface area contributed by atoms with Gasteiger partial charge in [0.15, 0.2) is 11.5 Å². The highest BCUT2D eigenvalue weighted by Gasteiger charge is 2.08. The summed E-state index contributed by atoms with van der Waals surface area (Å²) in [7, 11) is -3.19.